The molecular weight excluding hydrogens is 153 g/mol. The number of methoxy groups -OCH3 is 1. The van der Waals surface area contributed by atoms with E-state index in [2.05, 4.69) is 6.58 Å². The molecule has 3 nitrogen and oxygen atoms in total. The molecule has 68 valence electrons. The molecule has 0 aromatic heterocycles. The largest absolute Gasteiger partial charge is 0.502 e. The second-order valence-electron chi connectivity index (χ2n) is 3.26. The Balaban J connectivity index is 2.30. The van der Waals surface area contributed by atoms with Gasteiger partial charge in [0.05, 0.1) is 12.9 Å². The van der Waals surface area contributed by atoms with Crippen LogP contribution in [-0.4, -0.2) is 36.6 Å². The van der Waals surface area contributed by atoms with Gasteiger partial charge >= 0.3 is 7.05 Å². The molecule has 1 heterocycles. The molecule has 1 aliphatic heterocycles. The Labute approximate surface area is 74.1 Å². The van der Waals surface area contributed by atoms with Crippen molar-refractivity contribution < 1.29 is 9.76 Å². The standard InChI is InChI=1S/C8H16BNO2/c1-7(12-3)6-8-4-5-10(8)9(2)11/h8,11H,1,4-6H2,2-3H3. The summed E-state index contributed by atoms with van der Waals surface area (Å²) in [4.78, 5) is 2.05. The minimum atomic E-state index is -0.339. The van der Waals surface area contributed by atoms with Gasteiger partial charge in [-0.2, -0.15) is 0 Å². The lowest BCUT2D eigenvalue weighted by Crippen LogP contribution is -2.54. The molecule has 4 heteroatoms. The van der Waals surface area contributed by atoms with Crippen molar-refractivity contribution >= 4 is 7.05 Å². The topological polar surface area (TPSA) is 32.7 Å². The molecule has 0 aliphatic carbocycles. The maximum atomic E-state index is 9.28. The van der Waals surface area contributed by atoms with Crippen LogP contribution < -0.4 is 0 Å². The van der Waals surface area contributed by atoms with Crippen LogP contribution in [0.2, 0.25) is 6.82 Å². The van der Waals surface area contributed by atoms with Crippen molar-refractivity contribution in [3.63, 3.8) is 0 Å². The zero-order chi connectivity index (χ0) is 9.14. The average molecular weight is 169 g/mol. The van der Waals surface area contributed by atoms with Crippen LogP contribution in [0.5, 0.6) is 0 Å². The van der Waals surface area contributed by atoms with Crippen molar-refractivity contribution in [2.45, 2.75) is 25.7 Å². The molecule has 1 N–H and O–H groups in total. The molecule has 1 aliphatic rings. The van der Waals surface area contributed by atoms with Crippen molar-refractivity contribution in [3.05, 3.63) is 12.3 Å². The van der Waals surface area contributed by atoms with E-state index >= 15 is 0 Å². The van der Waals surface area contributed by atoms with Gasteiger partial charge in [-0.1, -0.05) is 6.58 Å². The molecule has 1 unspecified atom stereocenters. The molecular formula is C8H16BNO2. The minimum absolute atomic E-state index is 0.339. The third-order valence-electron chi connectivity index (χ3n) is 2.42. The summed E-state index contributed by atoms with van der Waals surface area (Å²) >= 11 is 0. The number of nitrogens with zero attached hydrogens (tertiary/aromatic N) is 1. The first-order valence-electron chi connectivity index (χ1n) is 4.30. The molecule has 1 atom stereocenters. The van der Waals surface area contributed by atoms with Gasteiger partial charge in [-0.3, -0.25) is 0 Å². The van der Waals surface area contributed by atoms with E-state index in [0.29, 0.717) is 6.04 Å². The molecule has 12 heavy (non-hydrogen) atoms. The predicted molar refractivity (Wildman–Crippen MR) is 49.7 cm³/mol. The lowest BCUT2D eigenvalue weighted by atomic mass is 9.77. The number of rotatable bonds is 4. The zero-order valence-corrected chi connectivity index (χ0v) is 7.79. The van der Waals surface area contributed by atoms with Gasteiger partial charge in [0.15, 0.2) is 0 Å². The van der Waals surface area contributed by atoms with E-state index in [9.17, 15) is 5.02 Å². The Bertz CT molecular complexity index is 172. The van der Waals surface area contributed by atoms with Crippen LogP contribution in [0.4, 0.5) is 0 Å². The second kappa shape index (κ2) is 3.96. The maximum absolute atomic E-state index is 9.28. The highest BCUT2D eigenvalue weighted by Gasteiger charge is 2.33. The van der Waals surface area contributed by atoms with E-state index in [1.165, 1.54) is 0 Å². The van der Waals surface area contributed by atoms with Gasteiger partial charge in [-0.25, -0.2) is 0 Å². The van der Waals surface area contributed by atoms with Gasteiger partial charge in [0.2, 0.25) is 0 Å². The summed E-state index contributed by atoms with van der Waals surface area (Å²) in [6.07, 6.45) is 1.97. The minimum Gasteiger partial charge on any atom is -0.502 e. The molecule has 0 radical (unpaired) electrons. The number of ether oxygens (including phenoxy) is 1. The summed E-state index contributed by atoms with van der Waals surface area (Å²) in [7, 11) is 1.29. The van der Waals surface area contributed by atoms with E-state index in [4.69, 9.17) is 4.74 Å². The Kier molecular flexibility index (Phi) is 3.17. The Morgan fingerprint density at radius 3 is 2.83 bits per heavy atom. The predicted octanol–water partition coefficient (Wildman–Crippen LogP) is 0.721. The lowest BCUT2D eigenvalue weighted by molar-refractivity contribution is 0.147. The Morgan fingerprint density at radius 2 is 2.50 bits per heavy atom. The zero-order valence-electron chi connectivity index (χ0n) is 7.79. The van der Waals surface area contributed by atoms with Crippen LogP contribution in [0, 0.1) is 0 Å². The molecule has 0 spiro atoms. The van der Waals surface area contributed by atoms with Gasteiger partial charge in [0.25, 0.3) is 0 Å². The first-order chi connectivity index (χ1) is 5.65. The molecule has 0 bridgehead atoms. The number of hydrogen-bond acceptors (Lipinski definition) is 3. The van der Waals surface area contributed by atoms with Crippen molar-refractivity contribution in [2.24, 2.45) is 0 Å². The molecule has 0 aromatic carbocycles. The SMILES string of the molecule is C=C(CC1CCN1B(C)O)OC. The normalized spacial score (nSPS) is 23.1. The van der Waals surface area contributed by atoms with E-state index in [-0.39, 0.29) is 7.05 Å². The van der Waals surface area contributed by atoms with Crippen LogP contribution in [-0.2, 0) is 4.74 Å². The summed E-state index contributed by atoms with van der Waals surface area (Å²) in [5.41, 5.74) is 0. The van der Waals surface area contributed by atoms with Crippen molar-refractivity contribution in [1.29, 1.82) is 0 Å². The van der Waals surface area contributed by atoms with Crippen LogP contribution >= 0.6 is 0 Å². The van der Waals surface area contributed by atoms with Crippen LogP contribution in [0.25, 0.3) is 0 Å². The fourth-order valence-electron chi connectivity index (χ4n) is 1.52. The first-order valence-corrected chi connectivity index (χ1v) is 4.30. The first kappa shape index (κ1) is 9.61. The summed E-state index contributed by atoms with van der Waals surface area (Å²) in [6.45, 7) is 6.54. The molecule has 1 fully saturated rings. The van der Waals surface area contributed by atoms with Crippen LogP contribution in [0.3, 0.4) is 0 Å². The van der Waals surface area contributed by atoms with Gasteiger partial charge in [-0.05, 0) is 19.8 Å². The van der Waals surface area contributed by atoms with E-state index in [0.717, 1.165) is 25.1 Å². The summed E-state index contributed by atoms with van der Waals surface area (Å²) < 4.78 is 4.98. The highest BCUT2D eigenvalue weighted by molar-refractivity contribution is 6.45. The van der Waals surface area contributed by atoms with Crippen molar-refractivity contribution in [2.75, 3.05) is 13.7 Å². The van der Waals surface area contributed by atoms with Crippen molar-refractivity contribution in [1.82, 2.24) is 4.81 Å². The third-order valence-corrected chi connectivity index (χ3v) is 2.42. The second-order valence-corrected chi connectivity index (χ2v) is 3.26. The Hall–Kier alpha value is -0.475. The van der Waals surface area contributed by atoms with Gasteiger partial charge < -0.3 is 14.6 Å². The monoisotopic (exact) mass is 169 g/mol. The molecule has 0 aromatic rings. The Morgan fingerprint density at radius 1 is 1.83 bits per heavy atom. The van der Waals surface area contributed by atoms with E-state index < -0.39 is 0 Å². The molecule has 1 rings (SSSR count). The van der Waals surface area contributed by atoms with E-state index in [1.54, 1.807) is 13.9 Å². The lowest BCUT2D eigenvalue weighted by Gasteiger charge is -2.42. The fraction of sp³-hybridized carbons (Fsp3) is 0.750. The summed E-state index contributed by atoms with van der Waals surface area (Å²) in [5.74, 6) is 0.797. The van der Waals surface area contributed by atoms with Gasteiger partial charge in [0, 0.05) is 12.5 Å². The molecule has 1 saturated heterocycles. The highest BCUT2D eigenvalue weighted by atomic mass is 16.5. The average Bonchev–Trinajstić information content (AvgIpc) is 1.96. The number of hydrogen-bond donors (Lipinski definition) is 1. The van der Waals surface area contributed by atoms with E-state index in [1.807, 2.05) is 4.81 Å². The fourth-order valence-corrected chi connectivity index (χ4v) is 1.52. The third kappa shape index (κ3) is 2.02. The maximum Gasteiger partial charge on any atom is 0.376 e. The summed E-state index contributed by atoms with van der Waals surface area (Å²) in [6, 6.07) is 0.428. The van der Waals surface area contributed by atoms with Crippen LogP contribution in [0.1, 0.15) is 12.8 Å². The molecule has 0 saturated carbocycles. The van der Waals surface area contributed by atoms with Gasteiger partial charge in [-0.15, -0.1) is 0 Å². The van der Waals surface area contributed by atoms with Crippen LogP contribution in [0.15, 0.2) is 12.3 Å². The highest BCUT2D eigenvalue weighted by Crippen LogP contribution is 2.23. The van der Waals surface area contributed by atoms with Crippen molar-refractivity contribution in [3.8, 4) is 0 Å². The molecule has 0 amide bonds. The summed E-state index contributed by atoms with van der Waals surface area (Å²) in [5, 5.41) is 9.28. The smallest absolute Gasteiger partial charge is 0.376 e. The van der Waals surface area contributed by atoms with Gasteiger partial charge in [0.1, 0.15) is 0 Å². The quantitative estimate of drug-likeness (QED) is 0.497.